The molecular formula is C19H27N3O2. The third-order valence-electron chi connectivity index (χ3n) is 3.66. The number of amides is 1. The van der Waals surface area contributed by atoms with Gasteiger partial charge in [-0.05, 0) is 38.7 Å². The summed E-state index contributed by atoms with van der Waals surface area (Å²) in [5, 5.41) is 21.0. The van der Waals surface area contributed by atoms with Crippen molar-refractivity contribution in [3.63, 3.8) is 0 Å². The molecule has 1 rings (SSSR count). The maximum atomic E-state index is 12.6. The van der Waals surface area contributed by atoms with Crippen LogP contribution in [0.3, 0.4) is 0 Å². The Balaban J connectivity index is 2.67. The molecule has 0 heterocycles. The molecule has 0 aromatic heterocycles. The van der Waals surface area contributed by atoms with E-state index in [2.05, 4.69) is 5.32 Å². The van der Waals surface area contributed by atoms with Crippen molar-refractivity contribution >= 4 is 5.91 Å². The maximum Gasteiger partial charge on any atom is 0.266 e. The molecule has 0 saturated carbocycles. The number of hydrogen-bond acceptors (Lipinski definition) is 4. The molecule has 0 atom stereocenters. The van der Waals surface area contributed by atoms with Crippen LogP contribution in [0.2, 0.25) is 0 Å². The first-order chi connectivity index (χ1) is 11.6. The molecule has 5 heteroatoms. The summed E-state index contributed by atoms with van der Waals surface area (Å²) >= 11 is 0. The van der Waals surface area contributed by atoms with E-state index in [0.717, 1.165) is 24.8 Å². The molecule has 1 amide bonds. The predicted octanol–water partition coefficient (Wildman–Crippen LogP) is 2.58. The molecule has 24 heavy (non-hydrogen) atoms. The predicted molar refractivity (Wildman–Crippen MR) is 94.8 cm³/mol. The van der Waals surface area contributed by atoms with E-state index in [4.69, 9.17) is 5.11 Å². The normalized spacial score (nSPS) is 11.2. The van der Waals surface area contributed by atoms with Gasteiger partial charge in [0.2, 0.25) is 0 Å². The number of nitrogens with one attached hydrogen (secondary N) is 1. The van der Waals surface area contributed by atoms with Gasteiger partial charge in [-0.1, -0.05) is 30.3 Å². The summed E-state index contributed by atoms with van der Waals surface area (Å²) < 4.78 is 0. The number of benzene rings is 1. The van der Waals surface area contributed by atoms with Crippen molar-refractivity contribution in [3.8, 4) is 6.07 Å². The fourth-order valence-electron chi connectivity index (χ4n) is 2.26. The Labute approximate surface area is 144 Å². The molecule has 5 nitrogen and oxygen atoms in total. The smallest absolute Gasteiger partial charge is 0.266 e. The fraction of sp³-hybridized carbons (Fsp3) is 0.474. The molecule has 0 fully saturated rings. The Morgan fingerprint density at radius 2 is 2.00 bits per heavy atom. The van der Waals surface area contributed by atoms with Gasteiger partial charge in [-0.25, -0.2) is 0 Å². The minimum atomic E-state index is -0.265. The molecule has 1 aromatic carbocycles. The van der Waals surface area contributed by atoms with Crippen molar-refractivity contribution in [2.24, 2.45) is 0 Å². The molecule has 0 radical (unpaired) electrons. The fourth-order valence-corrected chi connectivity index (χ4v) is 2.26. The molecule has 0 aliphatic rings. The van der Waals surface area contributed by atoms with Gasteiger partial charge in [-0.2, -0.15) is 5.26 Å². The number of aliphatic hydroxyl groups excluding tert-OH is 1. The summed E-state index contributed by atoms with van der Waals surface area (Å²) in [6.45, 7) is 5.24. The summed E-state index contributed by atoms with van der Waals surface area (Å²) in [6.07, 6.45) is 4.08. The molecule has 1 aromatic rings. The van der Waals surface area contributed by atoms with Crippen molar-refractivity contribution in [2.75, 3.05) is 13.2 Å². The number of hydrogen-bond donors (Lipinski definition) is 2. The molecule has 0 aliphatic carbocycles. The zero-order valence-electron chi connectivity index (χ0n) is 14.5. The number of carbonyl (C=O) groups is 1. The average Bonchev–Trinajstić information content (AvgIpc) is 2.59. The third kappa shape index (κ3) is 6.84. The summed E-state index contributed by atoms with van der Waals surface area (Å²) in [5.74, 6) is -0.265. The Bertz CT molecular complexity index is 562. The van der Waals surface area contributed by atoms with Gasteiger partial charge in [0.25, 0.3) is 5.91 Å². The van der Waals surface area contributed by atoms with Crippen molar-refractivity contribution in [2.45, 2.75) is 45.7 Å². The largest absolute Gasteiger partial charge is 0.396 e. The minimum absolute atomic E-state index is 0.000916. The van der Waals surface area contributed by atoms with E-state index in [0.29, 0.717) is 13.1 Å². The Hall–Kier alpha value is -2.32. The van der Waals surface area contributed by atoms with E-state index in [9.17, 15) is 10.1 Å². The van der Waals surface area contributed by atoms with Crippen molar-refractivity contribution in [3.05, 3.63) is 47.7 Å². The third-order valence-corrected chi connectivity index (χ3v) is 3.66. The second kappa shape index (κ2) is 11.3. The lowest BCUT2D eigenvalue weighted by Gasteiger charge is -2.26. The zero-order chi connectivity index (χ0) is 17.8. The highest BCUT2D eigenvalue weighted by Gasteiger charge is 2.21. The highest BCUT2D eigenvalue weighted by molar-refractivity contribution is 5.97. The van der Waals surface area contributed by atoms with E-state index < -0.39 is 0 Å². The molecule has 0 unspecified atom stereocenters. The molecule has 0 bridgehead atoms. The van der Waals surface area contributed by atoms with Crippen LogP contribution in [0.25, 0.3) is 0 Å². The molecule has 0 saturated heterocycles. The SMILES string of the molecule is CC(C)N(Cc1ccccc1)C(=O)/C(C#N)=C\NCCCCCO. The van der Waals surface area contributed by atoms with Crippen LogP contribution in [0.4, 0.5) is 0 Å². The second-order valence-corrected chi connectivity index (χ2v) is 5.92. The van der Waals surface area contributed by atoms with E-state index >= 15 is 0 Å². The van der Waals surface area contributed by atoms with E-state index in [1.165, 1.54) is 6.20 Å². The number of nitriles is 1. The van der Waals surface area contributed by atoms with Gasteiger partial charge in [0.05, 0.1) is 0 Å². The molecule has 2 N–H and O–H groups in total. The van der Waals surface area contributed by atoms with Crippen molar-refractivity contribution < 1.29 is 9.90 Å². The van der Waals surface area contributed by atoms with Crippen molar-refractivity contribution in [1.29, 1.82) is 5.26 Å². The summed E-state index contributed by atoms with van der Waals surface area (Å²) in [5.41, 5.74) is 1.15. The van der Waals surface area contributed by atoms with Crippen molar-refractivity contribution in [1.82, 2.24) is 10.2 Å². The van der Waals surface area contributed by atoms with Gasteiger partial charge in [0.1, 0.15) is 11.6 Å². The Kier molecular flexibility index (Phi) is 9.25. The molecule has 0 aliphatic heterocycles. The van der Waals surface area contributed by atoms with E-state index in [-0.39, 0.29) is 24.1 Å². The molecular weight excluding hydrogens is 302 g/mol. The van der Waals surface area contributed by atoms with Gasteiger partial charge in [0.15, 0.2) is 0 Å². The summed E-state index contributed by atoms with van der Waals surface area (Å²) in [7, 11) is 0. The molecule has 0 spiro atoms. The number of unbranched alkanes of at least 4 members (excludes halogenated alkanes) is 2. The lowest BCUT2D eigenvalue weighted by Crippen LogP contribution is -2.37. The van der Waals surface area contributed by atoms with Crippen LogP contribution in [0.5, 0.6) is 0 Å². The number of nitrogens with zero attached hydrogens (tertiary/aromatic N) is 2. The van der Waals surface area contributed by atoms with Crippen LogP contribution < -0.4 is 5.32 Å². The monoisotopic (exact) mass is 329 g/mol. The highest BCUT2D eigenvalue weighted by atomic mass is 16.2. The number of carbonyl (C=O) groups excluding carboxylic acids is 1. The first-order valence-electron chi connectivity index (χ1n) is 8.39. The topological polar surface area (TPSA) is 76.4 Å². The lowest BCUT2D eigenvalue weighted by molar-refractivity contribution is -0.129. The molecule has 130 valence electrons. The van der Waals surface area contributed by atoms with Gasteiger partial charge in [-0.15, -0.1) is 0 Å². The van der Waals surface area contributed by atoms with E-state index in [1.54, 1.807) is 4.90 Å². The highest BCUT2D eigenvalue weighted by Crippen LogP contribution is 2.12. The standard InChI is InChI=1S/C19H27N3O2/c1-16(2)22(15-17-9-5-3-6-10-17)19(24)18(13-20)14-21-11-7-4-8-12-23/h3,5-6,9-10,14,16,21,23H,4,7-8,11-12,15H2,1-2H3/b18-14-. The number of rotatable bonds is 10. The van der Waals surface area contributed by atoms with Crippen LogP contribution >= 0.6 is 0 Å². The van der Waals surface area contributed by atoms with Gasteiger partial charge >= 0.3 is 0 Å². The Morgan fingerprint density at radius 3 is 2.58 bits per heavy atom. The van der Waals surface area contributed by atoms with E-state index in [1.807, 2.05) is 50.2 Å². The van der Waals surface area contributed by atoms with Crippen LogP contribution in [0.1, 0.15) is 38.7 Å². The minimum Gasteiger partial charge on any atom is -0.396 e. The average molecular weight is 329 g/mol. The lowest BCUT2D eigenvalue weighted by atomic mass is 10.1. The second-order valence-electron chi connectivity index (χ2n) is 5.92. The Morgan fingerprint density at radius 1 is 1.29 bits per heavy atom. The summed E-state index contributed by atoms with van der Waals surface area (Å²) in [4.78, 5) is 14.3. The van der Waals surface area contributed by atoms with Crippen LogP contribution in [-0.2, 0) is 11.3 Å². The van der Waals surface area contributed by atoms with Crippen LogP contribution in [0.15, 0.2) is 42.1 Å². The van der Waals surface area contributed by atoms with Gasteiger partial charge < -0.3 is 15.3 Å². The first-order valence-corrected chi connectivity index (χ1v) is 8.39. The first kappa shape index (κ1) is 19.7. The quantitative estimate of drug-likeness (QED) is 0.393. The zero-order valence-corrected chi connectivity index (χ0v) is 14.5. The maximum absolute atomic E-state index is 12.6. The van der Waals surface area contributed by atoms with Crippen LogP contribution in [0, 0.1) is 11.3 Å². The van der Waals surface area contributed by atoms with Crippen LogP contribution in [-0.4, -0.2) is 35.1 Å². The van der Waals surface area contributed by atoms with Gasteiger partial charge in [0, 0.05) is 31.9 Å². The number of aliphatic hydroxyl groups is 1. The summed E-state index contributed by atoms with van der Waals surface area (Å²) in [6, 6.07) is 11.7. The van der Waals surface area contributed by atoms with Gasteiger partial charge in [-0.3, -0.25) is 4.79 Å².